The molecule has 0 saturated heterocycles. The Bertz CT molecular complexity index is 412. The summed E-state index contributed by atoms with van der Waals surface area (Å²) in [7, 11) is 0. The van der Waals surface area contributed by atoms with Crippen LogP contribution in [-0.2, 0) is 0 Å². The number of benzene rings is 1. The summed E-state index contributed by atoms with van der Waals surface area (Å²) in [6, 6.07) is 1.26. The minimum Gasteiger partial charge on any atom is -0.348 e. The van der Waals surface area contributed by atoms with Gasteiger partial charge in [-0.3, -0.25) is 4.79 Å². The summed E-state index contributed by atoms with van der Waals surface area (Å²) in [4.78, 5) is 11.6. The third-order valence-electron chi connectivity index (χ3n) is 1.99. The molecule has 0 saturated carbocycles. The molecule has 0 aliphatic carbocycles. The first-order valence-corrected chi connectivity index (χ1v) is 4.99. The van der Waals surface area contributed by atoms with E-state index in [0.29, 0.717) is 0 Å². The molecule has 1 atom stereocenters. The van der Waals surface area contributed by atoms with Gasteiger partial charge in [-0.05, 0) is 19.1 Å². The largest absolute Gasteiger partial charge is 0.348 e. The molecule has 6 heteroatoms. The van der Waals surface area contributed by atoms with Crippen LogP contribution in [0.5, 0.6) is 0 Å². The van der Waals surface area contributed by atoms with Crippen molar-refractivity contribution >= 4 is 17.5 Å². The number of rotatable bonds is 3. The lowest BCUT2D eigenvalue weighted by Gasteiger charge is -2.12. The van der Waals surface area contributed by atoms with Gasteiger partial charge in [0.25, 0.3) is 5.91 Å². The van der Waals surface area contributed by atoms with E-state index in [9.17, 15) is 13.6 Å². The molecule has 0 spiro atoms. The third kappa shape index (κ3) is 2.90. The minimum atomic E-state index is -1.12. The zero-order chi connectivity index (χ0) is 12.3. The van der Waals surface area contributed by atoms with Gasteiger partial charge in [-0.15, -0.1) is 0 Å². The summed E-state index contributed by atoms with van der Waals surface area (Å²) >= 11 is 5.62. The van der Waals surface area contributed by atoms with Crippen molar-refractivity contribution in [2.24, 2.45) is 5.73 Å². The van der Waals surface area contributed by atoms with Gasteiger partial charge < -0.3 is 11.1 Å². The van der Waals surface area contributed by atoms with Gasteiger partial charge >= 0.3 is 0 Å². The SMILES string of the molecule is C[C@@H](CN)NC(=O)c1cc(F)c(F)cc1Cl. The van der Waals surface area contributed by atoms with Gasteiger partial charge in [0.2, 0.25) is 0 Å². The molecule has 0 bridgehead atoms. The molecule has 0 aliphatic heterocycles. The van der Waals surface area contributed by atoms with Crippen molar-refractivity contribution in [3.63, 3.8) is 0 Å². The van der Waals surface area contributed by atoms with Crippen LogP contribution in [0.3, 0.4) is 0 Å². The molecule has 0 aromatic heterocycles. The lowest BCUT2D eigenvalue weighted by atomic mass is 10.2. The highest BCUT2D eigenvalue weighted by Crippen LogP contribution is 2.19. The van der Waals surface area contributed by atoms with Crippen LogP contribution in [0, 0.1) is 11.6 Å². The predicted molar refractivity (Wildman–Crippen MR) is 57.4 cm³/mol. The van der Waals surface area contributed by atoms with Crippen LogP contribution in [-0.4, -0.2) is 18.5 Å². The molecule has 1 aromatic rings. The van der Waals surface area contributed by atoms with E-state index in [2.05, 4.69) is 5.32 Å². The second kappa shape index (κ2) is 5.23. The Morgan fingerprint density at radius 3 is 2.62 bits per heavy atom. The second-order valence-electron chi connectivity index (χ2n) is 3.36. The van der Waals surface area contributed by atoms with E-state index in [4.69, 9.17) is 17.3 Å². The predicted octanol–water partition coefficient (Wildman–Crippen LogP) is 1.70. The molecule has 3 N–H and O–H groups in total. The average Bonchev–Trinajstić information content (AvgIpc) is 2.23. The molecule has 0 heterocycles. The number of nitrogens with one attached hydrogen (secondary N) is 1. The summed E-state index contributed by atoms with van der Waals surface area (Å²) in [5.41, 5.74) is 5.20. The average molecular weight is 249 g/mol. The Hall–Kier alpha value is -1.20. The molecule has 1 rings (SSSR count). The van der Waals surface area contributed by atoms with Gasteiger partial charge in [0.15, 0.2) is 11.6 Å². The van der Waals surface area contributed by atoms with E-state index in [0.717, 1.165) is 12.1 Å². The molecule has 16 heavy (non-hydrogen) atoms. The Morgan fingerprint density at radius 2 is 2.06 bits per heavy atom. The van der Waals surface area contributed by atoms with E-state index < -0.39 is 17.5 Å². The molecule has 1 aromatic carbocycles. The first kappa shape index (κ1) is 12.9. The maximum atomic E-state index is 12.9. The van der Waals surface area contributed by atoms with Crippen LogP contribution in [0.15, 0.2) is 12.1 Å². The van der Waals surface area contributed by atoms with Crippen molar-refractivity contribution in [2.75, 3.05) is 6.54 Å². The van der Waals surface area contributed by atoms with Crippen molar-refractivity contribution in [2.45, 2.75) is 13.0 Å². The van der Waals surface area contributed by atoms with Crippen molar-refractivity contribution < 1.29 is 13.6 Å². The molecule has 0 unspecified atom stereocenters. The van der Waals surface area contributed by atoms with E-state index >= 15 is 0 Å². The molecule has 3 nitrogen and oxygen atoms in total. The molecular formula is C10H11ClF2N2O. The number of carbonyl (C=O) groups is 1. The van der Waals surface area contributed by atoms with Gasteiger partial charge in [-0.2, -0.15) is 0 Å². The van der Waals surface area contributed by atoms with Crippen molar-refractivity contribution in [1.82, 2.24) is 5.32 Å². The van der Waals surface area contributed by atoms with Gasteiger partial charge in [0.1, 0.15) is 0 Å². The van der Waals surface area contributed by atoms with E-state index in [1.165, 1.54) is 0 Å². The minimum absolute atomic E-state index is 0.110. The zero-order valence-electron chi connectivity index (χ0n) is 8.56. The smallest absolute Gasteiger partial charge is 0.253 e. The monoisotopic (exact) mass is 248 g/mol. The number of hydrogen-bond donors (Lipinski definition) is 2. The van der Waals surface area contributed by atoms with Crippen molar-refractivity contribution in [3.05, 3.63) is 34.4 Å². The molecule has 0 fully saturated rings. The molecule has 0 aliphatic rings. The van der Waals surface area contributed by atoms with Crippen LogP contribution in [0.25, 0.3) is 0 Å². The number of halogens is 3. The fourth-order valence-corrected chi connectivity index (χ4v) is 1.29. The van der Waals surface area contributed by atoms with E-state index in [1.54, 1.807) is 6.92 Å². The number of amides is 1. The van der Waals surface area contributed by atoms with Crippen LogP contribution in [0.2, 0.25) is 5.02 Å². The quantitative estimate of drug-likeness (QED) is 0.800. The maximum absolute atomic E-state index is 12.9. The summed E-state index contributed by atoms with van der Waals surface area (Å²) < 4.78 is 25.6. The van der Waals surface area contributed by atoms with Gasteiger partial charge in [-0.1, -0.05) is 11.6 Å². The van der Waals surface area contributed by atoms with Gasteiger partial charge in [0.05, 0.1) is 10.6 Å². The lowest BCUT2D eigenvalue weighted by Crippen LogP contribution is -2.37. The summed E-state index contributed by atoms with van der Waals surface area (Å²) in [6.07, 6.45) is 0. The first-order valence-electron chi connectivity index (χ1n) is 4.61. The third-order valence-corrected chi connectivity index (χ3v) is 2.30. The highest BCUT2D eigenvalue weighted by atomic mass is 35.5. The Morgan fingerprint density at radius 1 is 1.50 bits per heavy atom. The first-order chi connectivity index (χ1) is 7.45. The zero-order valence-corrected chi connectivity index (χ0v) is 9.31. The molecule has 88 valence electrons. The summed E-state index contributed by atoms with van der Waals surface area (Å²) in [5.74, 6) is -2.79. The molecular weight excluding hydrogens is 238 g/mol. The Labute approximate surface area is 96.6 Å². The van der Waals surface area contributed by atoms with Crippen LogP contribution in [0.1, 0.15) is 17.3 Å². The Kier molecular flexibility index (Phi) is 4.20. The topological polar surface area (TPSA) is 55.1 Å². The highest BCUT2D eigenvalue weighted by Gasteiger charge is 2.15. The fraction of sp³-hybridized carbons (Fsp3) is 0.300. The van der Waals surface area contributed by atoms with E-state index in [1.807, 2.05) is 0 Å². The summed E-state index contributed by atoms with van der Waals surface area (Å²) in [6.45, 7) is 1.93. The molecule has 0 radical (unpaired) electrons. The van der Waals surface area contributed by atoms with E-state index in [-0.39, 0.29) is 23.2 Å². The van der Waals surface area contributed by atoms with Crippen molar-refractivity contribution in [1.29, 1.82) is 0 Å². The number of nitrogens with two attached hydrogens (primary N) is 1. The van der Waals surface area contributed by atoms with Crippen LogP contribution >= 0.6 is 11.6 Å². The Balaban J connectivity index is 2.96. The summed E-state index contributed by atoms with van der Waals surface area (Å²) in [5, 5.41) is 2.36. The fourth-order valence-electron chi connectivity index (χ4n) is 1.06. The molecule has 1 amide bonds. The van der Waals surface area contributed by atoms with Crippen LogP contribution in [0.4, 0.5) is 8.78 Å². The maximum Gasteiger partial charge on any atom is 0.253 e. The van der Waals surface area contributed by atoms with Gasteiger partial charge in [-0.25, -0.2) is 8.78 Å². The van der Waals surface area contributed by atoms with Crippen molar-refractivity contribution in [3.8, 4) is 0 Å². The number of carbonyl (C=O) groups excluding carboxylic acids is 1. The van der Waals surface area contributed by atoms with Crippen LogP contribution < -0.4 is 11.1 Å². The highest BCUT2D eigenvalue weighted by molar-refractivity contribution is 6.33. The lowest BCUT2D eigenvalue weighted by molar-refractivity contribution is 0.0941. The number of hydrogen-bond acceptors (Lipinski definition) is 2. The van der Waals surface area contributed by atoms with Gasteiger partial charge in [0, 0.05) is 12.6 Å². The second-order valence-corrected chi connectivity index (χ2v) is 3.76. The standard InChI is InChI=1S/C10H11ClF2N2O/c1-5(4-14)15-10(16)6-2-8(12)9(13)3-7(6)11/h2-3,5H,4,14H2,1H3,(H,15,16)/t5-/m0/s1. The normalized spacial score (nSPS) is 12.3.